The molecule has 0 aliphatic carbocycles. The first-order valence-electron chi connectivity index (χ1n) is 9.55. The molecule has 1 atom stereocenters. The lowest BCUT2D eigenvalue weighted by Gasteiger charge is -2.29. The molecule has 0 bridgehead atoms. The van der Waals surface area contributed by atoms with E-state index in [1.54, 1.807) is 54.5 Å². The molecule has 0 radical (unpaired) electrons. The minimum absolute atomic E-state index is 0.0169. The number of rotatable bonds is 5. The molecule has 1 aromatic rings. The summed E-state index contributed by atoms with van der Waals surface area (Å²) in [5, 5.41) is 18.8. The molecule has 0 aliphatic rings. The minimum Gasteiger partial charge on any atom is -0.481 e. The van der Waals surface area contributed by atoms with Gasteiger partial charge in [0, 0.05) is 6.20 Å². The van der Waals surface area contributed by atoms with E-state index in [0.717, 1.165) is 4.90 Å². The Kier molecular flexibility index (Phi) is 7.60. The van der Waals surface area contributed by atoms with E-state index in [4.69, 9.17) is 9.47 Å². The zero-order valence-corrected chi connectivity index (χ0v) is 18.9. The topological polar surface area (TPSA) is 126 Å². The zero-order chi connectivity index (χ0) is 23.5. The van der Waals surface area contributed by atoms with E-state index in [-0.39, 0.29) is 12.2 Å². The molecular formula is C21H32N2O7. The third kappa shape index (κ3) is 6.98. The summed E-state index contributed by atoms with van der Waals surface area (Å²) in [5.74, 6) is -1.13. The molecule has 1 heterocycles. The first-order valence-corrected chi connectivity index (χ1v) is 9.55. The molecule has 0 spiro atoms. The van der Waals surface area contributed by atoms with Gasteiger partial charge in [-0.05, 0) is 72.9 Å². The Balaban J connectivity index is 3.35. The van der Waals surface area contributed by atoms with E-state index in [0.29, 0.717) is 11.1 Å². The number of carbonyl (C=O) groups excluding carboxylic acids is 2. The van der Waals surface area contributed by atoms with Gasteiger partial charge in [-0.15, -0.1) is 0 Å². The van der Waals surface area contributed by atoms with Crippen molar-refractivity contribution in [1.82, 2.24) is 4.98 Å². The fraction of sp³-hybridized carbons (Fsp3) is 0.619. The molecule has 2 amide bonds. The number of carboxylic acid groups (broad SMARTS) is 1. The first kappa shape index (κ1) is 25.4. The Morgan fingerprint density at radius 2 is 1.47 bits per heavy atom. The Bertz CT molecular complexity index is 781. The van der Waals surface area contributed by atoms with Gasteiger partial charge in [0.05, 0.1) is 12.0 Å². The van der Waals surface area contributed by atoms with Gasteiger partial charge >= 0.3 is 18.2 Å². The zero-order valence-electron chi connectivity index (χ0n) is 18.9. The Labute approximate surface area is 177 Å². The van der Waals surface area contributed by atoms with Gasteiger partial charge in [-0.2, -0.15) is 4.90 Å². The van der Waals surface area contributed by atoms with E-state index in [1.165, 1.54) is 13.1 Å². The van der Waals surface area contributed by atoms with Crippen LogP contribution in [0.2, 0.25) is 0 Å². The number of aryl methyl sites for hydroxylation is 1. The van der Waals surface area contributed by atoms with Crippen molar-refractivity contribution >= 4 is 24.0 Å². The third-order valence-corrected chi connectivity index (χ3v) is 3.93. The number of carbonyl (C=O) groups is 3. The summed E-state index contributed by atoms with van der Waals surface area (Å²) in [4.78, 5) is 41.9. The number of hydrogen-bond acceptors (Lipinski definition) is 7. The molecule has 1 rings (SSSR count). The van der Waals surface area contributed by atoms with E-state index in [1.807, 2.05) is 0 Å². The first-order chi connectivity index (χ1) is 13.5. The van der Waals surface area contributed by atoms with Crippen molar-refractivity contribution < 1.29 is 34.1 Å². The van der Waals surface area contributed by atoms with Crippen LogP contribution >= 0.6 is 0 Å². The van der Waals surface area contributed by atoms with Crippen LogP contribution in [0.15, 0.2) is 12.3 Å². The van der Waals surface area contributed by atoms with Crippen molar-refractivity contribution in [3.8, 4) is 0 Å². The average Bonchev–Trinajstić information content (AvgIpc) is 2.53. The van der Waals surface area contributed by atoms with E-state index in [9.17, 15) is 24.6 Å². The molecule has 0 saturated heterocycles. The number of imide groups is 1. The van der Waals surface area contributed by atoms with Crippen molar-refractivity contribution in [1.29, 1.82) is 0 Å². The fourth-order valence-corrected chi connectivity index (χ4v) is 2.47. The Hall–Kier alpha value is -2.68. The van der Waals surface area contributed by atoms with Gasteiger partial charge in [-0.25, -0.2) is 14.6 Å². The van der Waals surface area contributed by atoms with Gasteiger partial charge < -0.3 is 19.7 Å². The minimum atomic E-state index is -1.38. The molecule has 0 fully saturated rings. The summed E-state index contributed by atoms with van der Waals surface area (Å²) in [6.45, 7) is 12.5. The molecule has 0 saturated carbocycles. The van der Waals surface area contributed by atoms with Gasteiger partial charge in [0.15, 0.2) is 5.82 Å². The van der Waals surface area contributed by atoms with Crippen molar-refractivity contribution in [2.45, 2.75) is 73.0 Å². The van der Waals surface area contributed by atoms with Crippen LogP contribution < -0.4 is 4.90 Å². The maximum absolute atomic E-state index is 12.7. The number of aliphatic hydroxyl groups excluding tert-OH is 1. The summed E-state index contributed by atoms with van der Waals surface area (Å²) >= 11 is 0. The predicted octanol–water partition coefficient (Wildman–Crippen LogP) is 3.69. The fourth-order valence-electron chi connectivity index (χ4n) is 2.47. The van der Waals surface area contributed by atoms with E-state index in [2.05, 4.69) is 4.98 Å². The normalized spacial score (nSPS) is 13.9. The number of anilines is 1. The molecule has 9 nitrogen and oxygen atoms in total. The number of aliphatic carboxylic acids is 1. The number of pyridine rings is 1. The van der Waals surface area contributed by atoms with Gasteiger partial charge in [0.2, 0.25) is 0 Å². The smallest absolute Gasteiger partial charge is 0.425 e. The number of aromatic nitrogens is 1. The summed E-state index contributed by atoms with van der Waals surface area (Å²) in [6, 6.07) is 1.61. The number of aliphatic hydroxyl groups is 1. The van der Waals surface area contributed by atoms with Crippen LogP contribution in [0.4, 0.5) is 15.4 Å². The third-order valence-electron chi connectivity index (χ3n) is 3.93. The maximum atomic E-state index is 12.7. The van der Waals surface area contributed by atoms with E-state index < -0.39 is 41.4 Å². The Morgan fingerprint density at radius 3 is 1.80 bits per heavy atom. The van der Waals surface area contributed by atoms with Gasteiger partial charge in [0.1, 0.15) is 11.2 Å². The highest BCUT2D eigenvalue weighted by molar-refractivity contribution is 6.09. The molecule has 0 aliphatic heterocycles. The number of hydrogen-bond donors (Lipinski definition) is 2. The summed E-state index contributed by atoms with van der Waals surface area (Å²) in [7, 11) is 0. The van der Waals surface area contributed by atoms with Crippen molar-refractivity contribution in [2.24, 2.45) is 5.41 Å². The molecule has 1 unspecified atom stereocenters. The molecule has 168 valence electrons. The molecule has 0 aromatic carbocycles. The highest BCUT2D eigenvalue weighted by atomic mass is 16.6. The number of amides is 2. The second-order valence-corrected chi connectivity index (χ2v) is 9.48. The number of carboxylic acids is 1. The second kappa shape index (κ2) is 8.99. The van der Waals surface area contributed by atoms with Crippen LogP contribution in [0.1, 0.15) is 59.6 Å². The molecule has 30 heavy (non-hydrogen) atoms. The number of ether oxygens (including phenoxy) is 2. The lowest BCUT2D eigenvalue weighted by Crippen LogP contribution is -2.44. The summed E-state index contributed by atoms with van der Waals surface area (Å²) in [6.07, 6.45) is -0.496. The van der Waals surface area contributed by atoms with Gasteiger partial charge in [-0.1, -0.05) is 6.07 Å². The van der Waals surface area contributed by atoms with E-state index >= 15 is 0 Å². The largest absolute Gasteiger partial charge is 0.481 e. The summed E-state index contributed by atoms with van der Waals surface area (Å²) < 4.78 is 10.7. The van der Waals surface area contributed by atoms with Crippen LogP contribution in [0.25, 0.3) is 0 Å². The SMILES string of the molecule is Cc1cc(CC(C)(CO)C(=O)O)cnc1N(C(=O)OC(C)(C)C)C(=O)OC(C)(C)C. The average molecular weight is 424 g/mol. The quantitative estimate of drug-likeness (QED) is 0.733. The molecular weight excluding hydrogens is 392 g/mol. The van der Waals surface area contributed by atoms with Gasteiger partial charge in [-0.3, -0.25) is 4.79 Å². The molecule has 9 heteroatoms. The lowest BCUT2D eigenvalue weighted by atomic mass is 9.85. The van der Waals surface area contributed by atoms with Crippen molar-refractivity contribution in [2.75, 3.05) is 11.5 Å². The number of nitrogens with zero attached hydrogens (tertiary/aromatic N) is 2. The van der Waals surface area contributed by atoms with Crippen LogP contribution in [-0.2, 0) is 20.7 Å². The van der Waals surface area contributed by atoms with Crippen molar-refractivity contribution in [3.05, 3.63) is 23.4 Å². The summed E-state index contributed by atoms with van der Waals surface area (Å²) in [5.41, 5.74) is -2.12. The van der Waals surface area contributed by atoms with Crippen molar-refractivity contribution in [3.63, 3.8) is 0 Å². The molecule has 1 aromatic heterocycles. The maximum Gasteiger partial charge on any atom is 0.425 e. The predicted molar refractivity (Wildman–Crippen MR) is 110 cm³/mol. The Morgan fingerprint density at radius 1 is 1.00 bits per heavy atom. The van der Waals surface area contributed by atoms with Crippen LogP contribution in [0.3, 0.4) is 0 Å². The standard InChI is InChI=1S/C21H32N2O7/c1-13-9-14(10-21(8,12-24)16(25)26)11-22-15(13)23(17(27)29-19(2,3)4)18(28)30-20(5,6)7/h9,11,24H,10,12H2,1-8H3,(H,25,26). The second-order valence-electron chi connectivity index (χ2n) is 9.48. The highest BCUT2D eigenvalue weighted by Crippen LogP contribution is 2.27. The van der Waals surface area contributed by atoms with Gasteiger partial charge in [0.25, 0.3) is 0 Å². The highest BCUT2D eigenvalue weighted by Gasteiger charge is 2.36. The lowest BCUT2D eigenvalue weighted by molar-refractivity contribution is -0.150. The molecule has 2 N–H and O–H groups in total. The van der Waals surface area contributed by atoms with Crippen LogP contribution in [-0.4, -0.2) is 51.2 Å². The van der Waals surface area contributed by atoms with Crippen LogP contribution in [0.5, 0.6) is 0 Å². The monoisotopic (exact) mass is 424 g/mol. The van der Waals surface area contributed by atoms with Crippen LogP contribution in [0, 0.1) is 12.3 Å².